The third kappa shape index (κ3) is 6.55. The normalized spacial score (nSPS) is 19.3. The zero-order chi connectivity index (χ0) is 25.5. The van der Waals surface area contributed by atoms with Crippen molar-refractivity contribution < 1.29 is 4.74 Å². The lowest BCUT2D eigenvalue weighted by Crippen LogP contribution is -2.45. The van der Waals surface area contributed by atoms with E-state index in [1.165, 1.54) is 23.7 Å². The Labute approximate surface area is 228 Å². The highest BCUT2D eigenvalue weighted by Crippen LogP contribution is 2.34. The second kappa shape index (κ2) is 12.1. The van der Waals surface area contributed by atoms with Crippen LogP contribution in [0.3, 0.4) is 0 Å². The van der Waals surface area contributed by atoms with Gasteiger partial charge in [0.05, 0.1) is 0 Å². The van der Waals surface area contributed by atoms with Crippen LogP contribution in [0.4, 0.5) is 11.8 Å². The summed E-state index contributed by atoms with van der Waals surface area (Å²) in [6.45, 7) is 5.45. The maximum Gasteiger partial charge on any atom is 0.232 e. The van der Waals surface area contributed by atoms with Crippen molar-refractivity contribution in [3.8, 4) is 0 Å². The highest BCUT2D eigenvalue weighted by Gasteiger charge is 2.34. The second-order valence-electron chi connectivity index (χ2n) is 9.63. The number of hydrogen-bond donors (Lipinski definition) is 2. The van der Waals surface area contributed by atoms with Crippen molar-refractivity contribution in [2.24, 2.45) is 0 Å². The molecule has 0 amide bonds. The highest BCUT2D eigenvalue weighted by atomic mass is 32.2. The van der Waals surface area contributed by atoms with Gasteiger partial charge in [-0.1, -0.05) is 30.3 Å². The summed E-state index contributed by atoms with van der Waals surface area (Å²) in [6, 6.07) is 14.9. The van der Waals surface area contributed by atoms with Crippen LogP contribution in [0.15, 0.2) is 65.0 Å². The summed E-state index contributed by atoms with van der Waals surface area (Å²) in [7, 11) is 0. The van der Waals surface area contributed by atoms with Crippen LogP contribution in [0.25, 0.3) is 0 Å². The second-order valence-corrected chi connectivity index (χ2v) is 11.0. The van der Waals surface area contributed by atoms with Crippen molar-refractivity contribution in [2.75, 3.05) is 36.5 Å². The van der Waals surface area contributed by atoms with Crippen LogP contribution < -0.4 is 15.5 Å². The van der Waals surface area contributed by atoms with Crippen molar-refractivity contribution in [1.29, 1.82) is 0 Å². The molecule has 0 radical (unpaired) electrons. The first-order valence-electron chi connectivity index (χ1n) is 12.9. The molecular formula is C27H33N7OS2. The van der Waals surface area contributed by atoms with Gasteiger partial charge in [0, 0.05) is 56.2 Å². The summed E-state index contributed by atoms with van der Waals surface area (Å²) in [5, 5.41) is 8.66. The van der Waals surface area contributed by atoms with Gasteiger partial charge in [0.15, 0.2) is 10.3 Å². The van der Waals surface area contributed by atoms with Crippen molar-refractivity contribution in [2.45, 2.75) is 60.7 Å². The number of piperidine rings is 1. The molecule has 0 spiro atoms. The van der Waals surface area contributed by atoms with Crippen LogP contribution in [0, 0.1) is 0 Å². The molecule has 1 aromatic carbocycles. The molecule has 2 saturated heterocycles. The molecular weight excluding hydrogens is 502 g/mol. The molecule has 2 aliphatic heterocycles. The van der Waals surface area contributed by atoms with E-state index in [0.29, 0.717) is 28.8 Å². The molecule has 0 aliphatic carbocycles. The minimum Gasteiger partial charge on any atom is -0.381 e. The summed E-state index contributed by atoms with van der Waals surface area (Å²) in [5.74, 6) is 1.38. The number of aromatic nitrogens is 4. The lowest BCUT2D eigenvalue weighted by atomic mass is 9.74. The van der Waals surface area contributed by atoms with Crippen LogP contribution >= 0.6 is 24.0 Å². The largest absolute Gasteiger partial charge is 0.381 e. The van der Waals surface area contributed by atoms with Crippen molar-refractivity contribution >= 4 is 40.9 Å². The third-order valence-electron chi connectivity index (χ3n) is 7.17. The fourth-order valence-corrected chi connectivity index (χ4v) is 5.93. The first-order chi connectivity index (χ1) is 18.1. The molecule has 1 unspecified atom stereocenters. The number of anilines is 2. The minimum atomic E-state index is -0.0250. The summed E-state index contributed by atoms with van der Waals surface area (Å²) < 4.78 is 5.68. The number of ether oxygens (including phenoxy) is 1. The summed E-state index contributed by atoms with van der Waals surface area (Å²) in [6.07, 6.45) is 8.93. The van der Waals surface area contributed by atoms with E-state index in [4.69, 9.17) is 26.9 Å². The number of nitrogens with zero attached hydrogens (tertiary/aromatic N) is 5. The molecule has 0 bridgehead atoms. The summed E-state index contributed by atoms with van der Waals surface area (Å²) >= 11 is 7.14. The Kier molecular flexibility index (Phi) is 8.48. The van der Waals surface area contributed by atoms with Gasteiger partial charge >= 0.3 is 0 Å². The molecule has 5 rings (SSSR count). The van der Waals surface area contributed by atoms with Gasteiger partial charge in [-0.25, -0.2) is 15.0 Å². The van der Waals surface area contributed by atoms with Gasteiger partial charge in [0.25, 0.3) is 0 Å². The van der Waals surface area contributed by atoms with E-state index in [1.807, 2.05) is 12.1 Å². The first-order valence-corrected chi connectivity index (χ1v) is 14.1. The average Bonchev–Trinajstić information content (AvgIpc) is 2.94. The highest BCUT2D eigenvalue weighted by molar-refractivity contribution is 7.99. The Morgan fingerprint density at radius 1 is 1.11 bits per heavy atom. The van der Waals surface area contributed by atoms with Crippen LogP contribution in [-0.2, 0) is 10.2 Å². The summed E-state index contributed by atoms with van der Waals surface area (Å²) in [5.41, 5.74) is 1.29. The van der Waals surface area contributed by atoms with E-state index in [0.717, 1.165) is 56.3 Å². The zero-order valence-electron chi connectivity index (χ0n) is 21.1. The van der Waals surface area contributed by atoms with Gasteiger partial charge in [-0.2, -0.15) is 4.98 Å². The van der Waals surface area contributed by atoms with Crippen molar-refractivity contribution in [3.05, 3.63) is 60.4 Å². The lowest BCUT2D eigenvalue weighted by Gasteiger charge is -2.38. The smallest absolute Gasteiger partial charge is 0.232 e. The van der Waals surface area contributed by atoms with Gasteiger partial charge in [-0.15, -0.1) is 0 Å². The Morgan fingerprint density at radius 3 is 2.65 bits per heavy atom. The molecule has 2 fully saturated rings. The van der Waals surface area contributed by atoms with E-state index in [9.17, 15) is 0 Å². The Hall–Kier alpha value is -2.82. The minimum absolute atomic E-state index is 0.0250. The predicted octanol–water partition coefficient (Wildman–Crippen LogP) is 4.83. The Bertz CT molecular complexity index is 1180. The molecule has 8 nitrogen and oxygen atoms in total. The number of benzene rings is 1. The van der Waals surface area contributed by atoms with Crippen LogP contribution in [0.2, 0.25) is 0 Å². The molecule has 0 saturated carbocycles. The number of thiocarbonyl (C=S) groups is 1. The summed E-state index contributed by atoms with van der Waals surface area (Å²) in [4.78, 5) is 20.7. The molecule has 2 aromatic heterocycles. The third-order valence-corrected chi connectivity index (χ3v) is 8.23. The van der Waals surface area contributed by atoms with Crippen molar-refractivity contribution in [3.63, 3.8) is 0 Å². The maximum absolute atomic E-state index is 5.72. The number of nitrogens with one attached hydrogen (secondary N) is 2. The molecule has 1 atom stereocenters. The molecule has 2 N–H and O–H groups in total. The SMILES string of the molecule is CC1CCCCN1c1cc(Sc2ncccn2)nc(NC(=S)NCC2(c3ccccc3)CCOCC2)n1. The van der Waals surface area contributed by atoms with Crippen LogP contribution in [0.5, 0.6) is 0 Å². The number of hydrogen-bond acceptors (Lipinski definition) is 8. The Morgan fingerprint density at radius 2 is 1.89 bits per heavy atom. The van der Waals surface area contributed by atoms with Gasteiger partial charge in [0.2, 0.25) is 5.95 Å². The quantitative estimate of drug-likeness (QED) is 0.249. The first kappa shape index (κ1) is 25.8. The monoisotopic (exact) mass is 535 g/mol. The zero-order valence-corrected chi connectivity index (χ0v) is 22.7. The van der Waals surface area contributed by atoms with E-state index in [1.54, 1.807) is 12.4 Å². The van der Waals surface area contributed by atoms with E-state index < -0.39 is 0 Å². The van der Waals surface area contributed by atoms with Crippen molar-refractivity contribution in [1.82, 2.24) is 25.3 Å². The maximum atomic E-state index is 5.72. The fourth-order valence-electron chi connectivity index (χ4n) is 5.05. The molecule has 3 aromatic rings. The topological polar surface area (TPSA) is 88.1 Å². The predicted molar refractivity (Wildman–Crippen MR) is 151 cm³/mol. The standard InChI is InChI=1S/C27H33N7OS2/c1-20-8-5-6-15-34(20)22-18-23(37-26-28-13-7-14-29-26)32-24(31-22)33-25(36)30-19-27(11-16-35-17-12-27)21-9-3-2-4-10-21/h2-4,7,9-10,13-14,18,20H,5-6,8,11-12,15-17,19H2,1H3,(H2,30,31,32,33,36). The van der Waals surface area contributed by atoms with Gasteiger partial charge in [-0.3, -0.25) is 0 Å². The van der Waals surface area contributed by atoms with Gasteiger partial charge in [0.1, 0.15) is 10.8 Å². The average molecular weight is 536 g/mol. The fraction of sp³-hybridized carbons (Fsp3) is 0.444. The van der Waals surface area contributed by atoms with Gasteiger partial charge in [-0.05, 0) is 74.6 Å². The molecule has 37 heavy (non-hydrogen) atoms. The van der Waals surface area contributed by atoms with E-state index in [-0.39, 0.29) is 5.41 Å². The van der Waals surface area contributed by atoms with Crippen LogP contribution in [-0.4, -0.2) is 57.4 Å². The van der Waals surface area contributed by atoms with E-state index in [2.05, 4.69) is 62.8 Å². The van der Waals surface area contributed by atoms with Crippen LogP contribution in [0.1, 0.15) is 44.6 Å². The Balaban J connectivity index is 1.33. The van der Waals surface area contributed by atoms with Gasteiger partial charge < -0.3 is 20.3 Å². The number of rotatable bonds is 7. The van der Waals surface area contributed by atoms with E-state index >= 15 is 0 Å². The molecule has 4 heterocycles. The molecule has 2 aliphatic rings. The molecule has 194 valence electrons. The molecule has 10 heteroatoms. The lowest BCUT2D eigenvalue weighted by molar-refractivity contribution is 0.0515.